The highest BCUT2D eigenvalue weighted by molar-refractivity contribution is 9.10. The molecule has 0 saturated heterocycles. The molecule has 1 rings (SSSR count). The van der Waals surface area contributed by atoms with E-state index in [2.05, 4.69) is 40.7 Å². The largest absolute Gasteiger partial charge is 0.496 e. The van der Waals surface area contributed by atoms with E-state index in [9.17, 15) is 0 Å². The highest BCUT2D eigenvalue weighted by Gasteiger charge is 2.12. The van der Waals surface area contributed by atoms with Crippen molar-refractivity contribution in [2.24, 2.45) is 11.7 Å². The molecule has 0 bridgehead atoms. The molecule has 0 heterocycles. The average Bonchev–Trinajstić information content (AvgIpc) is 2.35. The second kappa shape index (κ2) is 8.27. The summed E-state index contributed by atoms with van der Waals surface area (Å²) < 4.78 is 6.46. The molecule has 0 fully saturated rings. The van der Waals surface area contributed by atoms with Crippen LogP contribution in [-0.2, 0) is 6.54 Å². The Morgan fingerprint density at radius 3 is 2.70 bits per heavy atom. The maximum absolute atomic E-state index is 7.38. The van der Waals surface area contributed by atoms with E-state index in [-0.39, 0.29) is 5.84 Å². The molecule has 0 aliphatic rings. The van der Waals surface area contributed by atoms with Crippen molar-refractivity contribution in [1.82, 2.24) is 4.90 Å². The van der Waals surface area contributed by atoms with E-state index < -0.39 is 0 Å². The average molecular weight is 342 g/mol. The maximum atomic E-state index is 7.38. The molecule has 3 N–H and O–H groups in total. The lowest BCUT2D eigenvalue weighted by Crippen LogP contribution is -2.31. The Labute approximate surface area is 129 Å². The minimum atomic E-state index is 0.236. The monoisotopic (exact) mass is 341 g/mol. The van der Waals surface area contributed by atoms with Crippen LogP contribution in [0.15, 0.2) is 22.7 Å². The van der Waals surface area contributed by atoms with Crippen molar-refractivity contribution >= 4 is 21.8 Å². The number of ether oxygens (including phenoxy) is 1. The molecule has 20 heavy (non-hydrogen) atoms. The molecular formula is C15H24BrN3O. The SMILES string of the molecule is COc1ccc(Br)cc1CN(CCC(=N)N)CC(C)C. The molecule has 0 aliphatic carbocycles. The fraction of sp³-hybridized carbons (Fsp3) is 0.533. The summed E-state index contributed by atoms with van der Waals surface area (Å²) in [6.07, 6.45) is 0.600. The van der Waals surface area contributed by atoms with Crippen LogP contribution in [0.5, 0.6) is 5.75 Å². The van der Waals surface area contributed by atoms with Crippen LogP contribution in [0, 0.1) is 11.3 Å². The third-order valence-electron chi connectivity index (χ3n) is 2.96. The summed E-state index contributed by atoms with van der Waals surface area (Å²) in [6.45, 7) is 6.96. The number of benzene rings is 1. The van der Waals surface area contributed by atoms with Crippen LogP contribution >= 0.6 is 15.9 Å². The lowest BCUT2D eigenvalue weighted by molar-refractivity contribution is 0.239. The number of hydrogen-bond acceptors (Lipinski definition) is 3. The molecule has 112 valence electrons. The van der Waals surface area contributed by atoms with E-state index in [1.807, 2.05) is 12.1 Å². The van der Waals surface area contributed by atoms with Crippen molar-refractivity contribution in [2.45, 2.75) is 26.8 Å². The molecule has 0 unspecified atom stereocenters. The predicted octanol–water partition coefficient (Wildman–Crippen LogP) is 3.24. The van der Waals surface area contributed by atoms with Crippen molar-refractivity contribution < 1.29 is 4.74 Å². The van der Waals surface area contributed by atoms with E-state index in [1.54, 1.807) is 7.11 Å². The predicted molar refractivity (Wildman–Crippen MR) is 87.3 cm³/mol. The van der Waals surface area contributed by atoms with Gasteiger partial charge in [-0.05, 0) is 24.1 Å². The van der Waals surface area contributed by atoms with E-state index in [0.29, 0.717) is 12.3 Å². The summed E-state index contributed by atoms with van der Waals surface area (Å²) in [5.74, 6) is 1.70. The Kier molecular flexibility index (Phi) is 7.02. The van der Waals surface area contributed by atoms with Crippen molar-refractivity contribution in [3.63, 3.8) is 0 Å². The zero-order chi connectivity index (χ0) is 15.1. The van der Waals surface area contributed by atoms with E-state index >= 15 is 0 Å². The summed E-state index contributed by atoms with van der Waals surface area (Å²) >= 11 is 3.50. The molecule has 1 aromatic rings. The van der Waals surface area contributed by atoms with Crippen molar-refractivity contribution in [3.05, 3.63) is 28.2 Å². The molecule has 1 aromatic carbocycles. The van der Waals surface area contributed by atoms with Gasteiger partial charge in [-0.15, -0.1) is 0 Å². The number of methoxy groups -OCH3 is 1. The van der Waals surface area contributed by atoms with Crippen LogP contribution in [0.2, 0.25) is 0 Å². The van der Waals surface area contributed by atoms with Crippen LogP contribution in [0.4, 0.5) is 0 Å². The van der Waals surface area contributed by atoms with Gasteiger partial charge < -0.3 is 10.5 Å². The number of hydrogen-bond donors (Lipinski definition) is 2. The number of nitrogens with zero attached hydrogens (tertiary/aromatic N) is 1. The molecule has 0 saturated carbocycles. The van der Waals surface area contributed by atoms with Gasteiger partial charge >= 0.3 is 0 Å². The molecule has 0 amide bonds. The Balaban J connectivity index is 2.81. The van der Waals surface area contributed by atoms with Crippen molar-refractivity contribution in [1.29, 1.82) is 5.41 Å². The summed E-state index contributed by atoms with van der Waals surface area (Å²) in [5, 5.41) is 7.38. The Hall–Kier alpha value is -1.07. The van der Waals surface area contributed by atoms with E-state index in [4.69, 9.17) is 15.9 Å². The fourth-order valence-electron chi connectivity index (χ4n) is 2.14. The standard InChI is InChI=1S/C15H24BrN3O/c1-11(2)9-19(7-6-15(17)18)10-12-8-13(16)4-5-14(12)20-3/h4-5,8,11H,6-7,9-10H2,1-3H3,(H3,17,18). The maximum Gasteiger partial charge on any atom is 0.123 e. The summed E-state index contributed by atoms with van der Waals surface area (Å²) in [5.41, 5.74) is 6.61. The second-order valence-corrected chi connectivity index (χ2v) is 6.28. The van der Waals surface area contributed by atoms with E-state index in [1.165, 1.54) is 0 Å². The molecule has 0 spiro atoms. The third-order valence-corrected chi connectivity index (χ3v) is 3.45. The first-order valence-corrected chi connectivity index (χ1v) is 7.59. The summed E-state index contributed by atoms with van der Waals surface area (Å²) in [6, 6.07) is 6.03. The molecule has 0 radical (unpaired) electrons. The summed E-state index contributed by atoms with van der Waals surface area (Å²) in [7, 11) is 1.69. The number of rotatable bonds is 8. The Bertz CT molecular complexity index is 449. The Morgan fingerprint density at radius 1 is 1.45 bits per heavy atom. The van der Waals surface area contributed by atoms with Crippen molar-refractivity contribution in [2.75, 3.05) is 20.2 Å². The molecule has 0 aliphatic heterocycles. The zero-order valence-electron chi connectivity index (χ0n) is 12.4. The van der Waals surface area contributed by atoms with Gasteiger partial charge in [-0.3, -0.25) is 10.3 Å². The molecule has 0 aromatic heterocycles. The van der Waals surface area contributed by atoms with Gasteiger partial charge in [-0.25, -0.2) is 0 Å². The highest BCUT2D eigenvalue weighted by Crippen LogP contribution is 2.24. The van der Waals surface area contributed by atoms with Gasteiger partial charge in [0, 0.05) is 36.1 Å². The Morgan fingerprint density at radius 2 is 2.15 bits per heavy atom. The normalized spacial score (nSPS) is 11.1. The van der Waals surface area contributed by atoms with Crippen LogP contribution < -0.4 is 10.5 Å². The third kappa shape index (κ3) is 5.92. The van der Waals surface area contributed by atoms with Crippen LogP contribution in [0.25, 0.3) is 0 Å². The quantitative estimate of drug-likeness (QED) is 0.563. The lowest BCUT2D eigenvalue weighted by atomic mass is 10.1. The van der Waals surface area contributed by atoms with Gasteiger partial charge in [-0.1, -0.05) is 29.8 Å². The smallest absolute Gasteiger partial charge is 0.123 e. The summed E-state index contributed by atoms with van der Waals surface area (Å²) in [4.78, 5) is 2.32. The minimum absolute atomic E-state index is 0.236. The first-order chi connectivity index (χ1) is 9.42. The minimum Gasteiger partial charge on any atom is -0.496 e. The zero-order valence-corrected chi connectivity index (χ0v) is 14.0. The van der Waals surface area contributed by atoms with Crippen molar-refractivity contribution in [3.8, 4) is 5.75 Å². The van der Waals surface area contributed by atoms with Gasteiger partial charge in [0.15, 0.2) is 0 Å². The van der Waals surface area contributed by atoms with Crippen LogP contribution in [0.3, 0.4) is 0 Å². The lowest BCUT2D eigenvalue weighted by Gasteiger charge is -2.25. The second-order valence-electron chi connectivity index (χ2n) is 5.36. The van der Waals surface area contributed by atoms with Crippen LogP contribution in [0.1, 0.15) is 25.8 Å². The fourth-order valence-corrected chi connectivity index (χ4v) is 2.55. The number of nitrogens with two attached hydrogens (primary N) is 1. The number of halogens is 1. The van der Waals surface area contributed by atoms with Crippen LogP contribution in [-0.4, -0.2) is 30.9 Å². The molecule has 4 nitrogen and oxygen atoms in total. The molecule has 5 heteroatoms. The number of amidine groups is 1. The van der Waals surface area contributed by atoms with Gasteiger partial charge in [0.1, 0.15) is 5.75 Å². The highest BCUT2D eigenvalue weighted by atomic mass is 79.9. The van der Waals surface area contributed by atoms with Gasteiger partial charge in [0.2, 0.25) is 0 Å². The number of nitrogens with one attached hydrogen (secondary N) is 1. The topological polar surface area (TPSA) is 62.3 Å². The van der Waals surface area contributed by atoms with Gasteiger partial charge in [0.25, 0.3) is 0 Å². The van der Waals surface area contributed by atoms with E-state index in [0.717, 1.165) is 35.4 Å². The molecular weight excluding hydrogens is 318 g/mol. The first-order valence-electron chi connectivity index (χ1n) is 6.80. The molecule has 0 atom stereocenters. The van der Waals surface area contributed by atoms with Gasteiger partial charge in [0.05, 0.1) is 12.9 Å². The van der Waals surface area contributed by atoms with Gasteiger partial charge in [-0.2, -0.15) is 0 Å². The first kappa shape index (κ1) is 17.0.